The molecule has 1 aromatic heterocycles. The lowest BCUT2D eigenvalue weighted by molar-refractivity contribution is -0.123. The highest BCUT2D eigenvalue weighted by Gasteiger charge is 2.59. The molecule has 2 aromatic rings. The van der Waals surface area contributed by atoms with Crippen molar-refractivity contribution in [3.63, 3.8) is 0 Å². The first-order valence-electron chi connectivity index (χ1n) is 9.99. The van der Waals surface area contributed by atoms with Gasteiger partial charge in [0.1, 0.15) is 5.76 Å². The second kappa shape index (κ2) is 7.19. The second-order valence-corrected chi connectivity index (χ2v) is 8.01. The first kappa shape index (κ1) is 19.2. The van der Waals surface area contributed by atoms with Crippen LogP contribution in [0.3, 0.4) is 0 Å². The minimum Gasteiger partial charge on any atom is -0.452 e. The normalized spacial score (nSPS) is 25.8. The van der Waals surface area contributed by atoms with Gasteiger partial charge in [0, 0.05) is 6.07 Å². The first-order chi connectivity index (χ1) is 14.9. The number of ether oxygens (including phenoxy) is 1. The summed E-state index contributed by atoms with van der Waals surface area (Å²) in [7, 11) is 0. The van der Waals surface area contributed by atoms with Gasteiger partial charge in [0.05, 0.1) is 23.1 Å². The van der Waals surface area contributed by atoms with Crippen LogP contribution >= 0.6 is 0 Å². The van der Waals surface area contributed by atoms with E-state index in [1.807, 2.05) is 12.2 Å². The predicted octanol–water partition coefficient (Wildman–Crippen LogP) is 2.09. The van der Waals surface area contributed by atoms with Gasteiger partial charge in [-0.1, -0.05) is 17.3 Å². The molecule has 1 saturated carbocycles. The van der Waals surface area contributed by atoms with Crippen LogP contribution in [0.2, 0.25) is 0 Å². The Labute approximate surface area is 177 Å². The summed E-state index contributed by atoms with van der Waals surface area (Å²) < 4.78 is 9.85. The minimum absolute atomic E-state index is 0.137. The molecule has 1 aliphatic heterocycles. The van der Waals surface area contributed by atoms with Crippen molar-refractivity contribution in [1.82, 2.24) is 5.16 Å². The highest BCUT2D eigenvalue weighted by molar-refractivity contribution is 6.22. The molecule has 2 fully saturated rings. The van der Waals surface area contributed by atoms with E-state index in [9.17, 15) is 19.2 Å². The molecular weight excluding hydrogens is 402 g/mol. The van der Waals surface area contributed by atoms with E-state index in [4.69, 9.17) is 9.26 Å². The number of rotatable bonds is 5. The smallest absolute Gasteiger partial charge is 0.338 e. The fourth-order valence-corrected chi connectivity index (χ4v) is 4.72. The van der Waals surface area contributed by atoms with E-state index in [1.54, 1.807) is 19.1 Å². The molecule has 2 bridgehead atoms. The van der Waals surface area contributed by atoms with Gasteiger partial charge in [-0.15, -0.1) is 0 Å². The molecule has 2 heterocycles. The maximum atomic E-state index is 12.9. The van der Waals surface area contributed by atoms with Gasteiger partial charge in [0.15, 0.2) is 12.4 Å². The summed E-state index contributed by atoms with van der Waals surface area (Å²) in [5.74, 6) is -1.12. The number of anilines is 2. The van der Waals surface area contributed by atoms with Gasteiger partial charge in [0.25, 0.3) is 5.91 Å². The van der Waals surface area contributed by atoms with Crippen LogP contribution in [0.15, 0.2) is 47.0 Å². The Morgan fingerprint density at radius 2 is 1.77 bits per heavy atom. The van der Waals surface area contributed by atoms with Crippen molar-refractivity contribution in [2.24, 2.45) is 23.7 Å². The van der Waals surface area contributed by atoms with Crippen molar-refractivity contribution < 1.29 is 28.4 Å². The van der Waals surface area contributed by atoms with Gasteiger partial charge in [-0.2, -0.15) is 0 Å². The summed E-state index contributed by atoms with van der Waals surface area (Å²) in [6.45, 7) is 1.19. The number of esters is 1. The Bertz CT molecular complexity index is 1090. The van der Waals surface area contributed by atoms with E-state index in [0.717, 1.165) is 6.42 Å². The van der Waals surface area contributed by atoms with Gasteiger partial charge in [-0.05, 0) is 49.4 Å². The standard InChI is InChI=1S/C22H19N3O6/c1-11-8-16(24-31-11)23-17(26)10-30-22(29)12-4-6-15(7-5-12)25-20(27)18-13-2-3-14(9-13)19(18)21(25)28/h2-8,13-14,18-19H,9-10H2,1H3,(H,23,24,26)/t13-,14-,18+,19+/m0/s1. The zero-order chi connectivity index (χ0) is 21.7. The number of carbonyl (C=O) groups is 4. The van der Waals surface area contributed by atoms with Crippen LogP contribution in [0.5, 0.6) is 0 Å². The molecule has 4 atom stereocenters. The molecule has 158 valence electrons. The number of hydrogen-bond acceptors (Lipinski definition) is 7. The fraction of sp³-hybridized carbons (Fsp3) is 0.318. The molecular formula is C22H19N3O6. The average Bonchev–Trinajstić information content (AvgIpc) is 3.52. The summed E-state index contributed by atoms with van der Waals surface area (Å²) in [4.78, 5) is 51.0. The monoisotopic (exact) mass is 421 g/mol. The van der Waals surface area contributed by atoms with Crippen molar-refractivity contribution in [3.05, 3.63) is 53.8 Å². The zero-order valence-corrected chi connectivity index (χ0v) is 16.6. The van der Waals surface area contributed by atoms with Gasteiger partial charge in [-0.3, -0.25) is 19.3 Å². The van der Waals surface area contributed by atoms with Crippen molar-refractivity contribution in [2.45, 2.75) is 13.3 Å². The number of aromatic nitrogens is 1. The molecule has 3 aliphatic rings. The number of aryl methyl sites for hydroxylation is 1. The molecule has 0 unspecified atom stereocenters. The number of carbonyl (C=O) groups excluding carboxylic acids is 4. The van der Waals surface area contributed by atoms with E-state index in [-0.39, 0.29) is 46.9 Å². The van der Waals surface area contributed by atoms with Crippen LogP contribution in [0.25, 0.3) is 0 Å². The zero-order valence-electron chi connectivity index (χ0n) is 16.6. The van der Waals surface area contributed by atoms with E-state index >= 15 is 0 Å². The van der Waals surface area contributed by atoms with Gasteiger partial charge < -0.3 is 14.6 Å². The quantitative estimate of drug-likeness (QED) is 0.446. The third-order valence-corrected chi connectivity index (χ3v) is 6.06. The van der Waals surface area contributed by atoms with Gasteiger partial charge in [0.2, 0.25) is 11.8 Å². The maximum Gasteiger partial charge on any atom is 0.338 e. The number of nitrogens with one attached hydrogen (secondary N) is 1. The molecule has 9 nitrogen and oxygen atoms in total. The molecule has 9 heteroatoms. The molecule has 31 heavy (non-hydrogen) atoms. The Hall–Kier alpha value is -3.75. The molecule has 2 aliphatic carbocycles. The SMILES string of the molecule is Cc1cc(NC(=O)COC(=O)c2ccc(N3C(=O)[C@H]4[C@H](C3=O)[C@H]3C=C[C@H]4C3)cc2)no1. The maximum absolute atomic E-state index is 12.9. The Balaban J connectivity index is 1.21. The molecule has 1 aromatic carbocycles. The summed E-state index contributed by atoms with van der Waals surface area (Å²) in [5.41, 5.74) is 0.634. The summed E-state index contributed by atoms with van der Waals surface area (Å²) >= 11 is 0. The number of nitrogens with zero attached hydrogens (tertiary/aromatic N) is 2. The Kier molecular flexibility index (Phi) is 4.46. The van der Waals surface area contributed by atoms with E-state index in [0.29, 0.717) is 11.4 Å². The van der Waals surface area contributed by atoms with Gasteiger partial charge in [-0.25, -0.2) is 4.79 Å². The van der Waals surface area contributed by atoms with Crippen LogP contribution in [0.4, 0.5) is 11.5 Å². The lowest BCUT2D eigenvalue weighted by atomic mass is 9.85. The largest absolute Gasteiger partial charge is 0.452 e. The Morgan fingerprint density at radius 3 is 2.35 bits per heavy atom. The third kappa shape index (κ3) is 3.22. The van der Waals surface area contributed by atoms with Gasteiger partial charge >= 0.3 is 5.97 Å². The number of amides is 3. The van der Waals surface area contributed by atoms with Crippen molar-refractivity contribution in [2.75, 3.05) is 16.8 Å². The summed E-state index contributed by atoms with van der Waals surface area (Å²) in [5, 5.41) is 6.07. The number of allylic oxidation sites excluding steroid dienone is 2. The summed E-state index contributed by atoms with van der Waals surface area (Å²) in [6.07, 6.45) is 4.95. The second-order valence-electron chi connectivity index (χ2n) is 8.01. The van der Waals surface area contributed by atoms with E-state index in [1.165, 1.54) is 23.1 Å². The molecule has 0 spiro atoms. The topological polar surface area (TPSA) is 119 Å². The number of benzene rings is 1. The highest BCUT2D eigenvalue weighted by Crippen LogP contribution is 2.53. The number of imide groups is 1. The molecule has 5 rings (SSSR count). The van der Waals surface area contributed by atoms with E-state index in [2.05, 4.69) is 10.5 Å². The fourth-order valence-electron chi connectivity index (χ4n) is 4.72. The van der Waals surface area contributed by atoms with Crippen LogP contribution in [0.1, 0.15) is 22.5 Å². The number of hydrogen-bond donors (Lipinski definition) is 1. The van der Waals surface area contributed by atoms with E-state index < -0.39 is 18.5 Å². The lowest BCUT2D eigenvalue weighted by Gasteiger charge is -2.17. The van der Waals surface area contributed by atoms with Crippen LogP contribution in [0, 0.1) is 30.6 Å². The summed E-state index contributed by atoms with van der Waals surface area (Å²) in [6, 6.07) is 7.56. The Morgan fingerprint density at radius 1 is 1.13 bits per heavy atom. The molecule has 1 N–H and O–H groups in total. The average molecular weight is 421 g/mol. The van der Waals surface area contributed by atoms with Crippen molar-refractivity contribution >= 4 is 35.2 Å². The first-order valence-corrected chi connectivity index (χ1v) is 9.99. The predicted molar refractivity (Wildman–Crippen MR) is 107 cm³/mol. The third-order valence-electron chi connectivity index (χ3n) is 6.06. The van der Waals surface area contributed by atoms with Crippen molar-refractivity contribution in [3.8, 4) is 0 Å². The highest BCUT2D eigenvalue weighted by atomic mass is 16.5. The van der Waals surface area contributed by atoms with Crippen LogP contribution in [-0.4, -0.2) is 35.5 Å². The van der Waals surface area contributed by atoms with Crippen LogP contribution < -0.4 is 10.2 Å². The lowest BCUT2D eigenvalue weighted by Crippen LogP contribution is -2.32. The molecule has 3 amide bonds. The molecule has 1 saturated heterocycles. The minimum atomic E-state index is -0.698. The van der Waals surface area contributed by atoms with Crippen molar-refractivity contribution in [1.29, 1.82) is 0 Å². The molecule has 0 radical (unpaired) electrons. The number of fused-ring (bicyclic) bond motifs is 5. The van der Waals surface area contributed by atoms with Crippen LogP contribution in [-0.2, 0) is 19.1 Å².